The van der Waals surface area contributed by atoms with Gasteiger partial charge in [-0.25, -0.2) is 0 Å². The zero-order valence-electron chi connectivity index (χ0n) is 28.0. The summed E-state index contributed by atoms with van der Waals surface area (Å²) in [4.78, 5) is 2.36. The smallest absolute Gasteiger partial charge is 0.0468 e. The van der Waals surface area contributed by atoms with Crippen molar-refractivity contribution in [2.24, 2.45) is 0 Å². The highest BCUT2D eigenvalue weighted by Gasteiger charge is 2.15. The van der Waals surface area contributed by atoms with Crippen LogP contribution in [0.1, 0.15) is 0 Å². The van der Waals surface area contributed by atoms with Crippen molar-refractivity contribution < 1.29 is 0 Å². The van der Waals surface area contributed by atoms with E-state index in [1.165, 1.54) is 38.4 Å². The number of anilines is 3. The Morgan fingerprint density at radius 1 is 0.255 bits per heavy atom. The molecule has 0 spiro atoms. The standard InChI is InChI=1S/C50H33N/c1-3-13-36(14-4-1)38-25-29-42(30-26-38)51(43-31-27-39(28-32-43)37-15-5-2-6-16-37)44-33-34-49-48-22-12-11-21-47(48)45-19-9-7-17-40(45)23-24-41-18-8-10-20-46(41)50(49)35-44/h1-22,25-35H. The predicted octanol–water partition coefficient (Wildman–Crippen LogP) is 13.8. The summed E-state index contributed by atoms with van der Waals surface area (Å²) in [5, 5.41) is 9.01. The summed E-state index contributed by atoms with van der Waals surface area (Å²) in [7, 11) is 0. The molecular formula is C50H33N. The van der Waals surface area contributed by atoms with Gasteiger partial charge in [0.15, 0.2) is 0 Å². The molecule has 0 heterocycles. The van der Waals surface area contributed by atoms with Crippen molar-refractivity contribution in [2.75, 3.05) is 4.90 Å². The van der Waals surface area contributed by atoms with Crippen molar-refractivity contribution in [1.29, 1.82) is 0 Å². The number of fused-ring (bicyclic) bond motifs is 7. The Morgan fingerprint density at radius 3 is 1.12 bits per heavy atom. The molecule has 51 heavy (non-hydrogen) atoms. The van der Waals surface area contributed by atoms with Crippen LogP contribution in [0.4, 0.5) is 17.1 Å². The molecule has 0 amide bonds. The molecule has 0 bridgehead atoms. The van der Waals surface area contributed by atoms with Crippen LogP contribution < -0.4 is 4.90 Å². The van der Waals surface area contributed by atoms with Crippen LogP contribution >= 0.6 is 0 Å². The van der Waals surface area contributed by atoms with Crippen LogP contribution in [-0.4, -0.2) is 0 Å². The van der Waals surface area contributed by atoms with Crippen molar-refractivity contribution in [3.8, 4) is 22.3 Å². The van der Waals surface area contributed by atoms with Crippen LogP contribution in [0.15, 0.2) is 200 Å². The van der Waals surface area contributed by atoms with E-state index < -0.39 is 0 Å². The molecular weight excluding hydrogens is 615 g/mol. The molecule has 0 aromatic heterocycles. The van der Waals surface area contributed by atoms with E-state index in [0.717, 1.165) is 44.0 Å². The third-order valence-corrected chi connectivity index (χ3v) is 9.71. The number of rotatable bonds is 5. The van der Waals surface area contributed by atoms with E-state index in [1.54, 1.807) is 0 Å². The van der Waals surface area contributed by atoms with Crippen LogP contribution in [-0.2, 0) is 0 Å². The van der Waals surface area contributed by atoms with E-state index >= 15 is 0 Å². The summed E-state index contributed by atoms with van der Waals surface area (Å²) >= 11 is 0. The minimum Gasteiger partial charge on any atom is -0.310 e. The molecule has 1 heteroatoms. The lowest BCUT2D eigenvalue weighted by molar-refractivity contribution is 1.29. The van der Waals surface area contributed by atoms with E-state index in [9.17, 15) is 0 Å². The summed E-state index contributed by atoms with van der Waals surface area (Å²) in [5.74, 6) is 0. The second kappa shape index (κ2) is 13.2. The Morgan fingerprint density at radius 2 is 0.608 bits per heavy atom. The zero-order valence-corrected chi connectivity index (χ0v) is 28.0. The van der Waals surface area contributed by atoms with Gasteiger partial charge in [0.2, 0.25) is 0 Å². The fourth-order valence-electron chi connectivity index (χ4n) is 7.18. The molecule has 0 aliphatic carbocycles. The van der Waals surface area contributed by atoms with E-state index in [1.807, 2.05) is 0 Å². The van der Waals surface area contributed by atoms with Crippen molar-refractivity contribution >= 4 is 60.2 Å². The lowest BCUT2D eigenvalue weighted by Gasteiger charge is -2.26. The number of hydrogen-bond acceptors (Lipinski definition) is 1. The molecule has 0 aliphatic heterocycles. The first-order valence-electron chi connectivity index (χ1n) is 17.4. The average Bonchev–Trinajstić information content (AvgIpc) is 3.21. The highest BCUT2D eigenvalue weighted by Crippen LogP contribution is 2.40. The molecule has 0 saturated carbocycles. The Balaban J connectivity index is 1.31. The Bertz CT molecular complexity index is 2630. The largest absolute Gasteiger partial charge is 0.310 e. The minimum atomic E-state index is 1.01. The van der Waals surface area contributed by atoms with Gasteiger partial charge >= 0.3 is 0 Å². The molecule has 238 valence electrons. The highest BCUT2D eigenvalue weighted by atomic mass is 15.1. The summed E-state index contributed by atoms with van der Waals surface area (Å²) in [6.07, 6.45) is 0. The molecule has 0 saturated heterocycles. The third-order valence-electron chi connectivity index (χ3n) is 9.71. The van der Waals surface area contributed by atoms with Gasteiger partial charge in [-0.15, -0.1) is 0 Å². The molecule has 9 aromatic rings. The maximum Gasteiger partial charge on any atom is 0.0468 e. The quantitative estimate of drug-likeness (QED) is 0.180. The lowest BCUT2D eigenvalue weighted by Crippen LogP contribution is -2.09. The number of nitrogens with zero attached hydrogens (tertiary/aromatic N) is 1. The van der Waals surface area contributed by atoms with Gasteiger partial charge in [-0.1, -0.05) is 164 Å². The van der Waals surface area contributed by atoms with Gasteiger partial charge in [0.05, 0.1) is 0 Å². The molecule has 0 N–H and O–H groups in total. The SMILES string of the molecule is c1c2ccccc2c2ccccc2c2ccc(N(c3ccc(-c4ccccc4)cc3)c3ccc(-c4ccccc4)cc3)cc2c2ccccc2c#1. The first-order chi connectivity index (χ1) is 25.3. The van der Waals surface area contributed by atoms with Crippen molar-refractivity contribution in [1.82, 2.24) is 0 Å². The lowest BCUT2D eigenvalue weighted by atomic mass is 9.98. The molecule has 0 unspecified atom stereocenters. The van der Waals surface area contributed by atoms with Gasteiger partial charge in [-0.05, 0) is 103 Å². The average molecular weight is 648 g/mol. The zero-order chi connectivity index (χ0) is 34.0. The summed E-state index contributed by atoms with van der Waals surface area (Å²) in [5.41, 5.74) is 8.03. The normalized spacial score (nSPS) is 11.0. The summed E-state index contributed by atoms with van der Waals surface area (Å²) in [6.45, 7) is 0. The molecule has 9 rings (SSSR count). The second-order valence-corrected chi connectivity index (χ2v) is 12.8. The van der Waals surface area contributed by atoms with Gasteiger partial charge in [0, 0.05) is 27.8 Å². The van der Waals surface area contributed by atoms with Gasteiger partial charge in [0.1, 0.15) is 0 Å². The van der Waals surface area contributed by atoms with Crippen LogP contribution in [0, 0.1) is 12.1 Å². The molecule has 9 aromatic carbocycles. The highest BCUT2D eigenvalue weighted by molar-refractivity contribution is 6.19. The first kappa shape index (κ1) is 30.2. The maximum absolute atomic E-state index is 3.55. The molecule has 0 radical (unpaired) electrons. The van der Waals surface area contributed by atoms with E-state index in [0.29, 0.717) is 0 Å². The molecule has 0 atom stereocenters. The Kier molecular flexibility index (Phi) is 7.82. The Hall–Kier alpha value is -6.88. The van der Waals surface area contributed by atoms with E-state index in [4.69, 9.17) is 0 Å². The van der Waals surface area contributed by atoms with E-state index in [2.05, 4.69) is 217 Å². The topological polar surface area (TPSA) is 3.24 Å². The molecule has 0 fully saturated rings. The fraction of sp³-hybridized carbons (Fsp3) is 0. The Labute approximate surface area is 298 Å². The van der Waals surface area contributed by atoms with Crippen LogP contribution in [0.2, 0.25) is 0 Å². The fourth-order valence-corrected chi connectivity index (χ4v) is 7.18. The van der Waals surface area contributed by atoms with E-state index in [-0.39, 0.29) is 0 Å². The van der Waals surface area contributed by atoms with Crippen molar-refractivity contribution in [3.05, 3.63) is 212 Å². The van der Waals surface area contributed by atoms with Crippen molar-refractivity contribution in [2.45, 2.75) is 0 Å². The minimum absolute atomic E-state index is 1.01. The van der Waals surface area contributed by atoms with Gasteiger partial charge < -0.3 is 4.90 Å². The van der Waals surface area contributed by atoms with Crippen LogP contribution in [0.5, 0.6) is 0 Å². The number of benzene rings is 8. The third kappa shape index (κ3) is 5.80. The van der Waals surface area contributed by atoms with Crippen molar-refractivity contribution in [3.63, 3.8) is 0 Å². The monoisotopic (exact) mass is 647 g/mol. The second-order valence-electron chi connectivity index (χ2n) is 12.8. The number of hydrogen-bond donors (Lipinski definition) is 0. The molecule has 0 aliphatic rings. The van der Waals surface area contributed by atoms with Crippen LogP contribution in [0.3, 0.4) is 0 Å². The first-order valence-corrected chi connectivity index (χ1v) is 17.4. The van der Waals surface area contributed by atoms with Gasteiger partial charge in [0.25, 0.3) is 0 Å². The van der Waals surface area contributed by atoms with Crippen LogP contribution in [0.25, 0.3) is 65.3 Å². The maximum atomic E-state index is 3.55. The summed E-state index contributed by atoms with van der Waals surface area (Å²) in [6, 6.07) is 78.6. The summed E-state index contributed by atoms with van der Waals surface area (Å²) < 4.78 is 0. The van der Waals surface area contributed by atoms with Gasteiger partial charge in [-0.3, -0.25) is 0 Å². The predicted molar refractivity (Wildman–Crippen MR) is 217 cm³/mol. The molecule has 1 nitrogen and oxygen atoms in total. The van der Waals surface area contributed by atoms with Gasteiger partial charge in [-0.2, -0.15) is 0 Å².